The number of amides is 2. The van der Waals surface area contributed by atoms with E-state index in [9.17, 15) is 9.59 Å². The summed E-state index contributed by atoms with van der Waals surface area (Å²) in [6.45, 7) is 3.86. The number of nitrogens with zero attached hydrogens (tertiary/aromatic N) is 1. The summed E-state index contributed by atoms with van der Waals surface area (Å²) < 4.78 is 0. The van der Waals surface area contributed by atoms with Crippen molar-refractivity contribution in [2.75, 3.05) is 20.1 Å². The molecule has 2 heterocycles. The third-order valence-corrected chi connectivity index (χ3v) is 4.33. The molecule has 5 nitrogen and oxygen atoms in total. The van der Waals surface area contributed by atoms with Gasteiger partial charge in [0.1, 0.15) is 0 Å². The van der Waals surface area contributed by atoms with Gasteiger partial charge in [-0.15, -0.1) is 0 Å². The van der Waals surface area contributed by atoms with Crippen LogP contribution in [0, 0.1) is 5.92 Å². The van der Waals surface area contributed by atoms with E-state index < -0.39 is 0 Å². The molecule has 2 rings (SSSR count). The number of likely N-dealkylation sites (tertiary alicyclic amines) is 1. The molecule has 0 aromatic heterocycles. The van der Waals surface area contributed by atoms with E-state index in [4.69, 9.17) is 0 Å². The predicted molar refractivity (Wildman–Crippen MR) is 73.6 cm³/mol. The highest BCUT2D eigenvalue weighted by Crippen LogP contribution is 2.18. The van der Waals surface area contributed by atoms with Gasteiger partial charge < -0.3 is 15.5 Å². The molecule has 5 heteroatoms. The zero-order valence-electron chi connectivity index (χ0n) is 11.9. The minimum Gasteiger partial charge on any atom is -0.352 e. The molecule has 0 bridgehead atoms. The van der Waals surface area contributed by atoms with E-state index in [0.717, 1.165) is 13.0 Å². The van der Waals surface area contributed by atoms with Crippen LogP contribution in [0.1, 0.15) is 39.0 Å². The van der Waals surface area contributed by atoms with Crippen molar-refractivity contribution in [2.45, 2.75) is 51.1 Å². The maximum Gasteiger partial charge on any atom is 0.222 e. The van der Waals surface area contributed by atoms with Crippen LogP contribution in [-0.4, -0.2) is 48.9 Å². The molecule has 0 aromatic carbocycles. The molecule has 2 saturated heterocycles. The molecule has 2 aliphatic heterocycles. The maximum atomic E-state index is 12.1. The summed E-state index contributed by atoms with van der Waals surface area (Å²) in [5.41, 5.74) is 0. The molecule has 0 saturated carbocycles. The van der Waals surface area contributed by atoms with E-state index in [0.29, 0.717) is 31.3 Å². The molecular formula is C14H25N3O2. The topological polar surface area (TPSA) is 61.4 Å². The van der Waals surface area contributed by atoms with Crippen LogP contribution in [0.2, 0.25) is 0 Å². The van der Waals surface area contributed by atoms with Crippen LogP contribution in [0.4, 0.5) is 0 Å². The number of hydrogen-bond acceptors (Lipinski definition) is 3. The van der Waals surface area contributed by atoms with Gasteiger partial charge in [0.05, 0.1) is 0 Å². The minimum atomic E-state index is 0.110. The van der Waals surface area contributed by atoms with Gasteiger partial charge in [-0.3, -0.25) is 9.59 Å². The number of rotatable bonds is 3. The van der Waals surface area contributed by atoms with Gasteiger partial charge in [0.2, 0.25) is 11.8 Å². The number of nitrogens with one attached hydrogen (secondary N) is 2. The molecule has 0 spiro atoms. The summed E-state index contributed by atoms with van der Waals surface area (Å²) in [5.74, 6) is 0.849. The molecule has 2 amide bonds. The SMILES string of the molecule is CC1CCCNC1CC(=O)NC1CCC(=O)N(C)C1. The molecule has 2 fully saturated rings. The van der Waals surface area contributed by atoms with Crippen molar-refractivity contribution in [2.24, 2.45) is 5.92 Å². The van der Waals surface area contributed by atoms with Crippen LogP contribution < -0.4 is 10.6 Å². The summed E-state index contributed by atoms with van der Waals surface area (Å²) in [7, 11) is 1.80. The van der Waals surface area contributed by atoms with E-state index in [1.54, 1.807) is 11.9 Å². The van der Waals surface area contributed by atoms with Crippen LogP contribution in [0.3, 0.4) is 0 Å². The lowest BCUT2D eigenvalue weighted by Gasteiger charge is -2.32. The lowest BCUT2D eigenvalue weighted by atomic mass is 9.90. The fourth-order valence-electron chi connectivity index (χ4n) is 3.00. The molecule has 2 N–H and O–H groups in total. The first-order chi connectivity index (χ1) is 9.06. The quantitative estimate of drug-likeness (QED) is 0.783. The van der Waals surface area contributed by atoms with Gasteiger partial charge in [0.25, 0.3) is 0 Å². The lowest BCUT2D eigenvalue weighted by molar-refractivity contribution is -0.134. The molecule has 0 aliphatic carbocycles. The first-order valence-corrected chi connectivity index (χ1v) is 7.33. The number of likely N-dealkylation sites (N-methyl/N-ethyl adjacent to an activating group) is 1. The standard InChI is InChI=1S/C14H25N3O2/c1-10-4-3-7-15-12(10)8-13(18)16-11-5-6-14(19)17(2)9-11/h10-12,15H,3-9H2,1-2H3,(H,16,18). The fourth-order valence-corrected chi connectivity index (χ4v) is 3.00. The average Bonchev–Trinajstić information content (AvgIpc) is 2.37. The van der Waals surface area contributed by atoms with Crippen LogP contribution in [0.5, 0.6) is 0 Å². The molecule has 108 valence electrons. The van der Waals surface area contributed by atoms with Crippen molar-refractivity contribution in [3.63, 3.8) is 0 Å². The molecule has 3 atom stereocenters. The van der Waals surface area contributed by atoms with Gasteiger partial charge >= 0.3 is 0 Å². The Labute approximate surface area is 115 Å². The van der Waals surface area contributed by atoms with Gasteiger partial charge in [-0.2, -0.15) is 0 Å². The van der Waals surface area contributed by atoms with Gasteiger partial charge in [-0.25, -0.2) is 0 Å². The number of carbonyl (C=O) groups excluding carboxylic acids is 2. The molecule has 19 heavy (non-hydrogen) atoms. The van der Waals surface area contributed by atoms with Gasteiger partial charge in [-0.05, 0) is 31.7 Å². The third kappa shape index (κ3) is 3.93. The first-order valence-electron chi connectivity index (χ1n) is 7.33. The van der Waals surface area contributed by atoms with Crippen LogP contribution in [0.15, 0.2) is 0 Å². The summed E-state index contributed by atoms with van der Waals surface area (Å²) in [6, 6.07) is 0.422. The number of hydrogen-bond donors (Lipinski definition) is 2. The number of piperidine rings is 2. The smallest absolute Gasteiger partial charge is 0.222 e. The van der Waals surface area contributed by atoms with Crippen molar-refractivity contribution in [1.82, 2.24) is 15.5 Å². The maximum absolute atomic E-state index is 12.1. The molecular weight excluding hydrogens is 242 g/mol. The van der Waals surface area contributed by atoms with E-state index in [2.05, 4.69) is 17.6 Å². The molecule has 0 aromatic rings. The fraction of sp³-hybridized carbons (Fsp3) is 0.857. The Balaban J connectivity index is 1.76. The van der Waals surface area contributed by atoms with Crippen molar-refractivity contribution in [3.8, 4) is 0 Å². The van der Waals surface area contributed by atoms with Crippen LogP contribution in [0.25, 0.3) is 0 Å². The Morgan fingerprint density at radius 2 is 2.26 bits per heavy atom. The molecule has 0 radical (unpaired) electrons. The highest BCUT2D eigenvalue weighted by Gasteiger charge is 2.27. The Morgan fingerprint density at radius 1 is 1.47 bits per heavy atom. The monoisotopic (exact) mass is 267 g/mol. The Hall–Kier alpha value is -1.10. The zero-order valence-corrected chi connectivity index (χ0v) is 11.9. The molecule has 3 unspecified atom stereocenters. The van der Waals surface area contributed by atoms with E-state index in [1.165, 1.54) is 12.8 Å². The first kappa shape index (κ1) is 14.3. The summed E-state index contributed by atoms with van der Waals surface area (Å²) in [6.07, 6.45) is 4.26. The zero-order chi connectivity index (χ0) is 13.8. The van der Waals surface area contributed by atoms with Crippen LogP contribution in [-0.2, 0) is 9.59 Å². The second kappa shape index (κ2) is 6.37. The highest BCUT2D eigenvalue weighted by molar-refractivity contribution is 5.79. The summed E-state index contributed by atoms with van der Waals surface area (Å²) >= 11 is 0. The van der Waals surface area contributed by atoms with Crippen molar-refractivity contribution < 1.29 is 9.59 Å². The van der Waals surface area contributed by atoms with Gasteiger partial charge in [-0.1, -0.05) is 6.92 Å². The predicted octanol–water partition coefficient (Wildman–Crippen LogP) is 0.502. The normalized spacial score (nSPS) is 32.2. The average molecular weight is 267 g/mol. The second-order valence-corrected chi connectivity index (χ2v) is 5.96. The van der Waals surface area contributed by atoms with Gasteiger partial charge in [0.15, 0.2) is 0 Å². The Kier molecular flexibility index (Phi) is 4.80. The molecule has 2 aliphatic rings. The third-order valence-electron chi connectivity index (χ3n) is 4.33. The Morgan fingerprint density at radius 3 is 2.95 bits per heavy atom. The lowest BCUT2D eigenvalue weighted by Crippen LogP contribution is -2.50. The highest BCUT2D eigenvalue weighted by atomic mass is 16.2. The minimum absolute atomic E-state index is 0.110. The van der Waals surface area contributed by atoms with Crippen molar-refractivity contribution >= 4 is 11.8 Å². The van der Waals surface area contributed by atoms with Gasteiger partial charge in [0, 0.05) is 38.5 Å². The Bertz CT molecular complexity index is 346. The summed E-state index contributed by atoms with van der Waals surface area (Å²) in [5, 5.41) is 6.49. The number of carbonyl (C=O) groups is 2. The van der Waals surface area contributed by atoms with E-state index in [1.807, 2.05) is 0 Å². The second-order valence-electron chi connectivity index (χ2n) is 5.96. The van der Waals surface area contributed by atoms with Crippen LogP contribution >= 0.6 is 0 Å². The van der Waals surface area contributed by atoms with E-state index in [-0.39, 0.29) is 17.9 Å². The van der Waals surface area contributed by atoms with Crippen molar-refractivity contribution in [3.05, 3.63) is 0 Å². The van der Waals surface area contributed by atoms with E-state index >= 15 is 0 Å². The largest absolute Gasteiger partial charge is 0.352 e. The summed E-state index contributed by atoms with van der Waals surface area (Å²) in [4.78, 5) is 25.2. The van der Waals surface area contributed by atoms with Crippen molar-refractivity contribution in [1.29, 1.82) is 0 Å².